The number of hydrogen-bond acceptors (Lipinski definition) is 11. The van der Waals surface area contributed by atoms with Gasteiger partial charge in [0.1, 0.15) is 12.3 Å². The van der Waals surface area contributed by atoms with Crippen LogP contribution in [0.2, 0.25) is 36.3 Å². The van der Waals surface area contributed by atoms with Crippen LogP contribution >= 0.6 is 0 Å². The van der Waals surface area contributed by atoms with Gasteiger partial charge >= 0.3 is 0 Å². The summed E-state index contributed by atoms with van der Waals surface area (Å²) in [6.45, 7) is 21.0. The van der Waals surface area contributed by atoms with Gasteiger partial charge in [0.15, 0.2) is 27.8 Å². The first-order valence-electron chi connectivity index (χ1n) is 14.9. The van der Waals surface area contributed by atoms with Crippen LogP contribution in [0.4, 0.5) is 5.95 Å². The molecule has 0 spiro atoms. The summed E-state index contributed by atoms with van der Waals surface area (Å²) in [7, 11) is -4.26. The Bertz CT molecular complexity index is 1300. The number of aliphatic hydroxyl groups excluding tert-OH is 4. The van der Waals surface area contributed by atoms with E-state index in [-0.39, 0.29) is 45.8 Å². The first-order valence-corrected chi connectivity index (χ1v) is 20.8. The molecule has 246 valence electrons. The number of nitrogens with two attached hydrogens (primary N) is 1. The van der Waals surface area contributed by atoms with Crippen molar-refractivity contribution in [2.24, 2.45) is 0 Å². The highest BCUT2D eigenvalue weighted by Gasteiger charge is 2.47. The van der Waals surface area contributed by atoms with Gasteiger partial charge in [-0.25, -0.2) is 4.98 Å². The predicted molar refractivity (Wildman–Crippen MR) is 170 cm³/mol. The van der Waals surface area contributed by atoms with Gasteiger partial charge in [-0.15, -0.1) is 0 Å². The quantitative estimate of drug-likeness (QED) is 0.214. The van der Waals surface area contributed by atoms with Gasteiger partial charge in [0.2, 0.25) is 5.95 Å². The molecule has 1 fully saturated rings. The molecule has 3 unspecified atom stereocenters. The smallest absolute Gasteiger partial charge is 0.283 e. The SMILES string of the molecule is CC(C)(C)[Si](C)(C)OC[C@H]1O[C@@H](n2cnc3c(=O)n(C(CC(O)CO)C(O)CO)c(N)nc32)C[C@@H]1O[Si](C)(C)C(C)(C)C. The summed E-state index contributed by atoms with van der Waals surface area (Å²) in [4.78, 5) is 22.4. The molecule has 43 heavy (non-hydrogen) atoms. The Kier molecular flexibility index (Phi) is 10.8. The normalized spacial score (nSPS) is 22.7. The molecular weight excluding hydrogens is 591 g/mol. The van der Waals surface area contributed by atoms with E-state index >= 15 is 0 Å². The number of hydrogen-bond donors (Lipinski definition) is 5. The second-order valence-electron chi connectivity index (χ2n) is 14.7. The van der Waals surface area contributed by atoms with Crippen molar-refractivity contribution in [1.82, 2.24) is 19.1 Å². The largest absolute Gasteiger partial charge is 0.414 e. The maximum atomic E-state index is 13.6. The van der Waals surface area contributed by atoms with Crippen LogP contribution in [0.1, 0.15) is 66.7 Å². The summed E-state index contributed by atoms with van der Waals surface area (Å²) < 4.78 is 22.7. The maximum Gasteiger partial charge on any atom is 0.283 e. The van der Waals surface area contributed by atoms with Crippen LogP contribution in [0, 0.1) is 0 Å². The Morgan fingerprint density at radius 1 is 1.07 bits per heavy atom. The highest BCUT2D eigenvalue weighted by molar-refractivity contribution is 6.74. The highest BCUT2D eigenvalue weighted by Crippen LogP contribution is 2.43. The number of aromatic nitrogens is 4. The van der Waals surface area contributed by atoms with Gasteiger partial charge in [-0.1, -0.05) is 41.5 Å². The Hall–Kier alpha value is -1.70. The zero-order valence-corrected chi connectivity index (χ0v) is 29.4. The predicted octanol–water partition coefficient (Wildman–Crippen LogP) is 2.51. The van der Waals surface area contributed by atoms with Crippen molar-refractivity contribution in [2.45, 2.75) is 127 Å². The fourth-order valence-corrected chi connectivity index (χ4v) is 7.02. The molecule has 0 aromatic carbocycles. The summed E-state index contributed by atoms with van der Waals surface area (Å²) in [5.74, 6) is -0.230. The Labute approximate surface area is 256 Å². The lowest BCUT2D eigenvalue weighted by Gasteiger charge is -2.40. The summed E-state index contributed by atoms with van der Waals surface area (Å²) in [5, 5.41) is 39.4. The summed E-state index contributed by atoms with van der Waals surface area (Å²) in [6, 6.07) is -1.14. The van der Waals surface area contributed by atoms with E-state index in [4.69, 9.17) is 19.3 Å². The van der Waals surface area contributed by atoms with E-state index in [9.17, 15) is 25.2 Å². The minimum Gasteiger partial charge on any atom is -0.414 e. The van der Waals surface area contributed by atoms with E-state index in [1.165, 1.54) is 6.33 Å². The lowest BCUT2D eigenvalue weighted by molar-refractivity contribution is -0.0383. The molecule has 2 aromatic heterocycles. The van der Waals surface area contributed by atoms with Crippen LogP contribution in [0.5, 0.6) is 0 Å². The third kappa shape index (κ3) is 7.58. The topological polar surface area (TPSA) is 187 Å². The zero-order valence-electron chi connectivity index (χ0n) is 27.4. The minimum atomic E-state index is -2.18. The lowest BCUT2D eigenvalue weighted by atomic mass is 10.0. The van der Waals surface area contributed by atoms with E-state index < -0.39 is 59.9 Å². The van der Waals surface area contributed by atoms with Gasteiger partial charge in [0.25, 0.3) is 5.56 Å². The van der Waals surface area contributed by atoms with Crippen molar-refractivity contribution in [3.05, 3.63) is 16.7 Å². The summed E-state index contributed by atoms with van der Waals surface area (Å²) >= 11 is 0. The van der Waals surface area contributed by atoms with Crippen LogP contribution in [0.25, 0.3) is 11.2 Å². The lowest BCUT2D eigenvalue weighted by Crippen LogP contribution is -2.48. The summed E-state index contributed by atoms with van der Waals surface area (Å²) in [5.41, 5.74) is 5.80. The van der Waals surface area contributed by atoms with E-state index in [2.05, 4.69) is 77.7 Å². The first-order chi connectivity index (χ1) is 19.6. The fraction of sp³-hybridized carbons (Fsp3) is 0.821. The van der Waals surface area contributed by atoms with Gasteiger partial charge in [-0.3, -0.25) is 13.9 Å². The van der Waals surface area contributed by atoms with Gasteiger partial charge in [-0.2, -0.15) is 4.98 Å². The van der Waals surface area contributed by atoms with Gasteiger partial charge in [-0.05, 0) is 42.7 Å². The van der Waals surface area contributed by atoms with Crippen LogP contribution in [0.3, 0.4) is 0 Å². The number of nitrogen functional groups attached to an aromatic ring is 1. The third-order valence-corrected chi connectivity index (χ3v) is 18.5. The monoisotopic (exact) mass is 643 g/mol. The molecule has 0 radical (unpaired) electrons. The van der Waals surface area contributed by atoms with Crippen LogP contribution < -0.4 is 11.3 Å². The van der Waals surface area contributed by atoms with E-state index in [0.29, 0.717) is 13.0 Å². The second kappa shape index (κ2) is 13.0. The highest BCUT2D eigenvalue weighted by atomic mass is 28.4. The molecule has 1 aliphatic rings. The minimum absolute atomic E-state index is 0.00531. The van der Waals surface area contributed by atoms with Crippen molar-refractivity contribution < 1.29 is 34.0 Å². The van der Waals surface area contributed by atoms with Crippen molar-refractivity contribution in [3.63, 3.8) is 0 Å². The van der Waals surface area contributed by atoms with Crippen LogP contribution in [0.15, 0.2) is 11.1 Å². The Morgan fingerprint density at radius 2 is 1.67 bits per heavy atom. The molecule has 0 bridgehead atoms. The van der Waals surface area contributed by atoms with Gasteiger partial charge in [0, 0.05) is 6.42 Å². The number of fused-ring (bicyclic) bond motifs is 1. The number of nitrogens with zero attached hydrogens (tertiary/aromatic N) is 4. The molecule has 1 aliphatic heterocycles. The Balaban J connectivity index is 2.01. The molecule has 6 atom stereocenters. The molecule has 3 rings (SSSR count). The van der Waals surface area contributed by atoms with Crippen molar-refractivity contribution >= 4 is 33.7 Å². The van der Waals surface area contributed by atoms with Crippen LogP contribution in [-0.4, -0.2) is 100 Å². The Morgan fingerprint density at radius 3 is 2.21 bits per heavy atom. The molecule has 0 saturated carbocycles. The molecule has 3 heterocycles. The molecule has 6 N–H and O–H groups in total. The zero-order chi connectivity index (χ0) is 32.7. The summed E-state index contributed by atoms with van der Waals surface area (Å²) in [6.07, 6.45) is -2.11. The number of rotatable bonds is 12. The van der Waals surface area contributed by atoms with E-state index in [0.717, 1.165) is 4.57 Å². The first kappa shape index (κ1) is 35.8. The van der Waals surface area contributed by atoms with Gasteiger partial charge < -0.3 is 39.7 Å². The van der Waals surface area contributed by atoms with Crippen molar-refractivity contribution in [1.29, 1.82) is 0 Å². The fourth-order valence-electron chi connectivity index (χ4n) is 4.64. The third-order valence-electron chi connectivity index (χ3n) is 9.50. The molecule has 1 saturated heterocycles. The van der Waals surface area contributed by atoms with Crippen molar-refractivity contribution in [3.8, 4) is 0 Å². The molecule has 2 aromatic rings. The molecule has 0 amide bonds. The average molecular weight is 644 g/mol. The molecule has 0 aliphatic carbocycles. The number of imidazole rings is 1. The number of ether oxygens (including phenoxy) is 1. The second-order valence-corrected chi connectivity index (χ2v) is 24.3. The van der Waals surface area contributed by atoms with E-state index in [1.807, 2.05) is 0 Å². The van der Waals surface area contributed by atoms with Crippen molar-refractivity contribution in [2.75, 3.05) is 25.6 Å². The number of anilines is 1. The maximum absolute atomic E-state index is 13.6. The van der Waals surface area contributed by atoms with Crippen LogP contribution in [-0.2, 0) is 13.6 Å². The standard InChI is InChI=1S/C28H53N5O8Si2/c1-27(2,3)42(7,8)39-15-21-20(41-43(9,10)28(4,5)6)12-22(40-21)32-16-30-23-24(32)31-26(29)33(25(23)38)18(19(37)14-35)11-17(36)13-34/h16-22,34-37H,11-15H2,1-10H3,(H2,29,31)/t17?,18?,19?,20-,21+,22+/m0/s1. The molecular formula is C28H53N5O8Si2. The van der Waals surface area contributed by atoms with E-state index in [1.54, 1.807) is 4.57 Å². The molecule has 13 nitrogen and oxygen atoms in total. The molecule has 15 heteroatoms. The average Bonchev–Trinajstić information content (AvgIpc) is 3.48. The van der Waals surface area contributed by atoms with Gasteiger partial charge in [0.05, 0.1) is 50.5 Å². The number of aliphatic hydroxyl groups is 4.